The molecule has 0 aliphatic carbocycles. The second-order valence-corrected chi connectivity index (χ2v) is 6.61. The molecule has 0 saturated heterocycles. The fourth-order valence-corrected chi connectivity index (χ4v) is 2.91. The number of nitrogens with one attached hydrogen (secondary N) is 3. The number of rotatable bonds is 6. The van der Waals surface area contributed by atoms with Crippen molar-refractivity contribution in [1.82, 2.24) is 0 Å². The zero-order valence-electron chi connectivity index (χ0n) is 16.0. The Kier molecular flexibility index (Phi) is 6.61. The first-order valence-electron chi connectivity index (χ1n) is 8.92. The highest BCUT2D eigenvalue weighted by Crippen LogP contribution is 2.26. The summed E-state index contributed by atoms with van der Waals surface area (Å²) in [5, 5.41) is 18.1. The van der Waals surface area contributed by atoms with Crippen molar-refractivity contribution in [3.63, 3.8) is 0 Å². The Morgan fingerprint density at radius 3 is 2.27 bits per heavy atom. The number of amides is 1. The molecule has 0 aliphatic rings. The lowest BCUT2D eigenvalue weighted by Gasteiger charge is -2.15. The molecule has 0 heterocycles. The van der Waals surface area contributed by atoms with Crippen LogP contribution in [0.25, 0.3) is 0 Å². The number of benzene rings is 3. The second-order valence-electron chi connectivity index (χ2n) is 6.20. The number of para-hydroxylation sites is 1. The van der Waals surface area contributed by atoms with Gasteiger partial charge in [0.1, 0.15) is 5.75 Å². The molecule has 152 valence electrons. The van der Waals surface area contributed by atoms with Gasteiger partial charge in [-0.25, -0.2) is 4.79 Å². The third-order valence-corrected chi connectivity index (χ3v) is 4.31. The number of anilines is 3. The molecule has 7 nitrogen and oxygen atoms in total. The molecule has 0 fully saturated rings. The third-order valence-electron chi connectivity index (χ3n) is 4.11. The molecule has 0 aromatic heterocycles. The van der Waals surface area contributed by atoms with Gasteiger partial charge in [0.15, 0.2) is 5.11 Å². The predicted molar refractivity (Wildman–Crippen MR) is 121 cm³/mol. The molecule has 3 rings (SSSR count). The van der Waals surface area contributed by atoms with Crippen LogP contribution in [0, 0.1) is 0 Å². The van der Waals surface area contributed by atoms with Crippen LogP contribution in [0.4, 0.5) is 17.1 Å². The van der Waals surface area contributed by atoms with Crippen molar-refractivity contribution < 1.29 is 19.4 Å². The molecule has 1 amide bonds. The SMILES string of the molecule is COc1ccc(C(=O)Nc2ccccc2)cc1NC(=S)Nc1cccc(C(=O)O)c1. The highest BCUT2D eigenvalue weighted by molar-refractivity contribution is 7.80. The summed E-state index contributed by atoms with van der Waals surface area (Å²) in [6, 6.07) is 20.3. The van der Waals surface area contributed by atoms with Gasteiger partial charge in [0.05, 0.1) is 18.4 Å². The van der Waals surface area contributed by atoms with E-state index in [4.69, 9.17) is 22.1 Å². The molecular formula is C22H19N3O4S. The highest BCUT2D eigenvalue weighted by Gasteiger charge is 2.12. The lowest BCUT2D eigenvalue weighted by atomic mass is 10.1. The molecule has 3 aromatic carbocycles. The molecule has 0 atom stereocenters. The zero-order chi connectivity index (χ0) is 21.5. The fourth-order valence-electron chi connectivity index (χ4n) is 2.69. The van der Waals surface area contributed by atoms with E-state index in [1.807, 2.05) is 18.2 Å². The number of thiocarbonyl (C=S) groups is 1. The Morgan fingerprint density at radius 2 is 1.57 bits per heavy atom. The smallest absolute Gasteiger partial charge is 0.335 e. The van der Waals surface area contributed by atoms with Gasteiger partial charge in [0, 0.05) is 16.9 Å². The second kappa shape index (κ2) is 9.53. The summed E-state index contributed by atoms with van der Waals surface area (Å²) in [5.74, 6) is -0.814. The van der Waals surface area contributed by atoms with Gasteiger partial charge < -0.3 is 25.8 Å². The molecular weight excluding hydrogens is 402 g/mol. The van der Waals surface area contributed by atoms with Gasteiger partial charge in [-0.1, -0.05) is 24.3 Å². The monoisotopic (exact) mass is 421 g/mol. The lowest BCUT2D eigenvalue weighted by molar-refractivity contribution is 0.0696. The van der Waals surface area contributed by atoms with Gasteiger partial charge in [-0.2, -0.15) is 0 Å². The summed E-state index contributed by atoms with van der Waals surface area (Å²) in [4.78, 5) is 23.7. The zero-order valence-corrected chi connectivity index (χ0v) is 16.8. The quantitative estimate of drug-likeness (QED) is 0.436. The molecule has 0 unspecified atom stereocenters. The largest absolute Gasteiger partial charge is 0.495 e. The van der Waals surface area contributed by atoms with Crippen LogP contribution in [0.15, 0.2) is 72.8 Å². The van der Waals surface area contributed by atoms with E-state index in [-0.39, 0.29) is 16.6 Å². The summed E-state index contributed by atoms with van der Waals surface area (Å²) >= 11 is 5.32. The number of hydrogen-bond acceptors (Lipinski definition) is 4. The first-order valence-corrected chi connectivity index (χ1v) is 9.33. The number of carbonyl (C=O) groups is 2. The van der Waals surface area contributed by atoms with Crippen LogP contribution in [0.1, 0.15) is 20.7 Å². The van der Waals surface area contributed by atoms with E-state index in [1.54, 1.807) is 42.5 Å². The predicted octanol–water partition coefficient (Wildman–Crippen LogP) is 4.45. The maximum absolute atomic E-state index is 12.6. The highest BCUT2D eigenvalue weighted by atomic mass is 32.1. The minimum Gasteiger partial charge on any atom is -0.495 e. The molecule has 0 spiro atoms. The Labute approximate surface area is 178 Å². The van der Waals surface area contributed by atoms with E-state index in [9.17, 15) is 9.59 Å². The Balaban J connectivity index is 1.75. The van der Waals surface area contributed by atoms with Crippen LogP contribution in [-0.4, -0.2) is 29.2 Å². The summed E-state index contributed by atoms with van der Waals surface area (Å²) in [6.45, 7) is 0. The summed E-state index contributed by atoms with van der Waals surface area (Å²) in [6.07, 6.45) is 0. The van der Waals surface area contributed by atoms with Crippen molar-refractivity contribution in [2.45, 2.75) is 0 Å². The molecule has 30 heavy (non-hydrogen) atoms. The minimum absolute atomic E-state index is 0.139. The van der Waals surface area contributed by atoms with Crippen molar-refractivity contribution in [2.75, 3.05) is 23.1 Å². The molecule has 0 saturated carbocycles. The number of methoxy groups -OCH3 is 1. The van der Waals surface area contributed by atoms with Crippen molar-refractivity contribution in [3.05, 3.63) is 83.9 Å². The standard InChI is InChI=1S/C22H19N3O4S/c1-29-19-11-10-14(20(26)23-16-7-3-2-4-8-16)13-18(19)25-22(30)24-17-9-5-6-15(12-17)21(27)28/h2-13H,1H3,(H,23,26)(H,27,28)(H2,24,25,30). The Bertz CT molecular complexity index is 1090. The number of carbonyl (C=O) groups excluding carboxylic acids is 1. The number of carboxylic acid groups (broad SMARTS) is 1. The van der Waals surface area contributed by atoms with Gasteiger partial charge in [0.2, 0.25) is 0 Å². The molecule has 4 N–H and O–H groups in total. The van der Waals surface area contributed by atoms with E-state index in [0.717, 1.165) is 0 Å². The minimum atomic E-state index is -1.03. The van der Waals surface area contributed by atoms with Gasteiger partial charge >= 0.3 is 5.97 Å². The third kappa shape index (κ3) is 5.33. The van der Waals surface area contributed by atoms with E-state index in [0.29, 0.717) is 28.4 Å². The van der Waals surface area contributed by atoms with Crippen LogP contribution in [-0.2, 0) is 0 Å². The summed E-state index contributed by atoms with van der Waals surface area (Å²) in [7, 11) is 1.51. The van der Waals surface area contributed by atoms with Gasteiger partial charge in [0.25, 0.3) is 5.91 Å². The molecule has 0 bridgehead atoms. The van der Waals surface area contributed by atoms with E-state index in [2.05, 4.69) is 16.0 Å². The number of ether oxygens (including phenoxy) is 1. The molecule has 0 aliphatic heterocycles. The topological polar surface area (TPSA) is 99.7 Å². The molecule has 3 aromatic rings. The van der Waals surface area contributed by atoms with Crippen molar-refractivity contribution >= 4 is 46.3 Å². The van der Waals surface area contributed by atoms with E-state index in [1.165, 1.54) is 19.2 Å². The Morgan fingerprint density at radius 1 is 0.833 bits per heavy atom. The van der Waals surface area contributed by atoms with Crippen LogP contribution in [0.2, 0.25) is 0 Å². The summed E-state index contributed by atoms with van der Waals surface area (Å²) in [5.41, 5.74) is 2.25. The summed E-state index contributed by atoms with van der Waals surface area (Å²) < 4.78 is 5.34. The van der Waals surface area contributed by atoms with E-state index >= 15 is 0 Å². The van der Waals surface area contributed by atoms with Crippen LogP contribution < -0.4 is 20.7 Å². The van der Waals surface area contributed by atoms with Crippen LogP contribution in [0.3, 0.4) is 0 Å². The number of aromatic carboxylic acids is 1. The van der Waals surface area contributed by atoms with Crippen LogP contribution >= 0.6 is 12.2 Å². The van der Waals surface area contributed by atoms with Gasteiger partial charge in [-0.05, 0) is 60.7 Å². The number of hydrogen-bond donors (Lipinski definition) is 4. The first-order chi connectivity index (χ1) is 14.5. The van der Waals surface area contributed by atoms with Crippen molar-refractivity contribution in [3.8, 4) is 5.75 Å². The van der Waals surface area contributed by atoms with E-state index < -0.39 is 5.97 Å². The molecule has 8 heteroatoms. The molecule has 0 radical (unpaired) electrons. The van der Waals surface area contributed by atoms with Crippen molar-refractivity contribution in [1.29, 1.82) is 0 Å². The lowest BCUT2D eigenvalue weighted by Crippen LogP contribution is -2.20. The fraction of sp³-hybridized carbons (Fsp3) is 0.0455. The average Bonchev–Trinajstić information content (AvgIpc) is 2.74. The average molecular weight is 421 g/mol. The maximum Gasteiger partial charge on any atom is 0.335 e. The van der Waals surface area contributed by atoms with Gasteiger partial charge in [-0.15, -0.1) is 0 Å². The van der Waals surface area contributed by atoms with Gasteiger partial charge in [-0.3, -0.25) is 4.79 Å². The van der Waals surface area contributed by atoms with Crippen LogP contribution in [0.5, 0.6) is 5.75 Å². The Hall–Kier alpha value is -3.91. The van der Waals surface area contributed by atoms with Crippen molar-refractivity contribution in [2.24, 2.45) is 0 Å². The first kappa shape index (κ1) is 20.8. The number of carboxylic acids is 1. The normalized spacial score (nSPS) is 10.0. The maximum atomic E-state index is 12.6.